The van der Waals surface area contributed by atoms with E-state index >= 15 is 0 Å². The monoisotopic (exact) mass is 382 g/mol. The van der Waals surface area contributed by atoms with Crippen LogP contribution in [0.3, 0.4) is 0 Å². The number of rotatable bonds is 7. The Morgan fingerprint density at radius 3 is 2.04 bits per heavy atom. The molecule has 0 bridgehead atoms. The first-order valence-corrected chi connectivity index (χ1v) is 10.5. The van der Waals surface area contributed by atoms with Crippen LogP contribution in [0.25, 0.3) is 0 Å². The molecule has 1 amide bonds. The summed E-state index contributed by atoms with van der Waals surface area (Å²) in [5.74, 6) is -1.22. The molecule has 2 aromatic rings. The summed E-state index contributed by atoms with van der Waals surface area (Å²) in [6.07, 6.45) is 0.433. The first-order chi connectivity index (χ1) is 11.7. The number of carbonyl (C=O) groups is 1. The van der Waals surface area contributed by atoms with Gasteiger partial charge in [0.25, 0.3) is 0 Å². The highest BCUT2D eigenvalue weighted by Gasteiger charge is 2.18. The molecule has 25 heavy (non-hydrogen) atoms. The van der Waals surface area contributed by atoms with Crippen molar-refractivity contribution in [3.05, 3.63) is 60.2 Å². The lowest BCUT2D eigenvalue weighted by Gasteiger charge is -2.07. The fourth-order valence-electron chi connectivity index (χ4n) is 2.13. The number of carbonyl (C=O) groups excluding carboxylic acids is 1. The van der Waals surface area contributed by atoms with Crippen LogP contribution >= 0.6 is 0 Å². The number of hydrogen-bond acceptors (Lipinski definition) is 5. The van der Waals surface area contributed by atoms with Gasteiger partial charge in [-0.1, -0.05) is 30.3 Å². The van der Waals surface area contributed by atoms with Crippen LogP contribution in [0.2, 0.25) is 0 Å². The van der Waals surface area contributed by atoms with E-state index < -0.39 is 31.5 Å². The van der Waals surface area contributed by atoms with Crippen molar-refractivity contribution >= 4 is 25.8 Å². The quantitative estimate of drug-likeness (QED) is 0.720. The van der Waals surface area contributed by atoms with E-state index in [0.717, 1.165) is 5.56 Å². The lowest BCUT2D eigenvalue weighted by atomic mass is 10.1. The van der Waals surface area contributed by atoms with E-state index in [-0.39, 0.29) is 16.3 Å². The van der Waals surface area contributed by atoms with Gasteiger partial charge in [-0.3, -0.25) is 4.79 Å². The van der Waals surface area contributed by atoms with Gasteiger partial charge in [-0.2, -0.15) is 0 Å². The molecule has 3 N–H and O–H groups in total. The van der Waals surface area contributed by atoms with Crippen molar-refractivity contribution in [3.63, 3.8) is 0 Å². The molecule has 0 atom stereocenters. The zero-order valence-electron chi connectivity index (χ0n) is 13.3. The molecule has 0 radical (unpaired) electrons. The van der Waals surface area contributed by atoms with E-state index in [9.17, 15) is 21.6 Å². The highest BCUT2D eigenvalue weighted by atomic mass is 32.2. The van der Waals surface area contributed by atoms with Gasteiger partial charge in [0, 0.05) is 6.54 Å². The molecule has 0 aliphatic carbocycles. The second-order valence-corrected chi connectivity index (χ2v) is 8.91. The van der Waals surface area contributed by atoms with E-state index in [1.54, 1.807) is 30.3 Å². The van der Waals surface area contributed by atoms with E-state index in [0.29, 0.717) is 6.42 Å². The van der Waals surface area contributed by atoms with Gasteiger partial charge in [0.2, 0.25) is 15.9 Å². The summed E-state index contributed by atoms with van der Waals surface area (Å²) in [5.41, 5.74) is 0.790. The number of sulfone groups is 1. The largest absolute Gasteiger partial charge is 0.355 e. The molecule has 0 saturated heterocycles. The van der Waals surface area contributed by atoms with E-state index in [1.807, 2.05) is 0 Å². The van der Waals surface area contributed by atoms with E-state index in [4.69, 9.17) is 5.14 Å². The van der Waals surface area contributed by atoms with Crippen molar-refractivity contribution in [3.8, 4) is 0 Å². The Kier molecular flexibility index (Phi) is 5.93. The van der Waals surface area contributed by atoms with Crippen molar-refractivity contribution in [2.45, 2.75) is 16.2 Å². The van der Waals surface area contributed by atoms with E-state index in [2.05, 4.69) is 5.32 Å². The summed E-state index contributed by atoms with van der Waals surface area (Å²) < 4.78 is 46.5. The minimum absolute atomic E-state index is 0.00856. The van der Waals surface area contributed by atoms with Crippen LogP contribution in [0.4, 0.5) is 0 Å². The molecular weight excluding hydrogens is 364 g/mol. The summed E-state index contributed by atoms with van der Waals surface area (Å²) in [6, 6.07) is 13.7. The molecule has 9 heteroatoms. The average Bonchev–Trinajstić information content (AvgIpc) is 2.55. The van der Waals surface area contributed by atoms with Gasteiger partial charge in [-0.25, -0.2) is 22.0 Å². The third-order valence-electron chi connectivity index (χ3n) is 3.41. The molecule has 0 spiro atoms. The maximum atomic E-state index is 12.1. The van der Waals surface area contributed by atoms with Crippen LogP contribution in [0.15, 0.2) is 64.4 Å². The summed E-state index contributed by atoms with van der Waals surface area (Å²) in [5, 5.41) is 7.55. The fourth-order valence-corrected chi connectivity index (χ4v) is 3.83. The molecule has 0 fully saturated rings. The van der Waals surface area contributed by atoms with Crippen molar-refractivity contribution in [1.29, 1.82) is 0 Å². The highest BCUT2D eigenvalue weighted by Crippen LogP contribution is 2.10. The summed E-state index contributed by atoms with van der Waals surface area (Å²) >= 11 is 0. The maximum absolute atomic E-state index is 12.1. The highest BCUT2D eigenvalue weighted by molar-refractivity contribution is 7.92. The van der Waals surface area contributed by atoms with Crippen LogP contribution < -0.4 is 10.5 Å². The smallest absolute Gasteiger partial charge is 0.238 e. The van der Waals surface area contributed by atoms with Gasteiger partial charge < -0.3 is 5.32 Å². The van der Waals surface area contributed by atoms with Gasteiger partial charge in [0.05, 0.1) is 9.79 Å². The van der Waals surface area contributed by atoms with Crippen LogP contribution in [-0.4, -0.2) is 35.0 Å². The Hall–Kier alpha value is -2.23. The Morgan fingerprint density at radius 1 is 0.880 bits per heavy atom. The number of hydrogen-bond donors (Lipinski definition) is 2. The minimum atomic E-state index is -3.74. The van der Waals surface area contributed by atoms with Crippen LogP contribution in [0, 0.1) is 0 Å². The fraction of sp³-hybridized carbons (Fsp3) is 0.188. The third-order valence-corrected chi connectivity index (χ3v) is 5.97. The number of primary sulfonamides is 1. The lowest BCUT2D eigenvalue weighted by Crippen LogP contribution is -2.31. The molecule has 0 aromatic heterocycles. The Labute approximate surface area is 146 Å². The summed E-state index contributed by atoms with van der Waals surface area (Å²) in [6.45, 7) is 0.234. The minimum Gasteiger partial charge on any atom is -0.355 e. The average molecular weight is 382 g/mol. The number of sulfonamides is 1. The normalized spacial score (nSPS) is 11.9. The van der Waals surface area contributed by atoms with Gasteiger partial charge >= 0.3 is 0 Å². The van der Waals surface area contributed by atoms with Gasteiger partial charge in [-0.15, -0.1) is 0 Å². The Bertz CT molecular complexity index is 938. The van der Waals surface area contributed by atoms with Gasteiger partial charge in [0.15, 0.2) is 9.84 Å². The van der Waals surface area contributed by atoms with Crippen LogP contribution in [0.1, 0.15) is 5.56 Å². The third kappa shape index (κ3) is 5.66. The SMILES string of the molecule is NS(=O)(=O)c1ccc(CCNC(=O)CS(=O)(=O)c2ccccc2)cc1. The molecule has 0 saturated carbocycles. The zero-order valence-corrected chi connectivity index (χ0v) is 14.9. The molecular formula is C16H18N2O5S2. The second kappa shape index (κ2) is 7.77. The standard InChI is InChI=1S/C16H18N2O5S2/c17-25(22,23)15-8-6-13(7-9-15)10-11-18-16(19)12-24(20,21)14-4-2-1-3-5-14/h1-9H,10-12H2,(H,18,19)(H2,17,22,23). The number of nitrogens with one attached hydrogen (secondary N) is 1. The molecule has 2 rings (SSSR count). The van der Waals surface area contributed by atoms with E-state index in [1.165, 1.54) is 24.3 Å². The first kappa shape index (κ1) is 19.1. The first-order valence-electron chi connectivity index (χ1n) is 7.35. The van der Waals surface area contributed by atoms with Crippen molar-refractivity contribution in [2.24, 2.45) is 5.14 Å². The molecule has 0 aliphatic rings. The molecule has 2 aromatic carbocycles. The maximum Gasteiger partial charge on any atom is 0.238 e. The molecule has 134 valence electrons. The Morgan fingerprint density at radius 2 is 1.48 bits per heavy atom. The van der Waals surface area contributed by atoms with Crippen molar-refractivity contribution in [1.82, 2.24) is 5.32 Å². The molecule has 0 heterocycles. The topological polar surface area (TPSA) is 123 Å². The predicted octanol–water partition coefficient (Wildman–Crippen LogP) is 0.467. The second-order valence-electron chi connectivity index (χ2n) is 5.36. The van der Waals surface area contributed by atoms with Crippen LogP contribution in [-0.2, 0) is 31.1 Å². The molecule has 0 aliphatic heterocycles. The lowest BCUT2D eigenvalue weighted by molar-refractivity contribution is -0.118. The number of amides is 1. The molecule has 0 unspecified atom stereocenters. The van der Waals surface area contributed by atoms with Crippen molar-refractivity contribution < 1.29 is 21.6 Å². The van der Waals surface area contributed by atoms with Crippen molar-refractivity contribution in [2.75, 3.05) is 12.3 Å². The zero-order chi connectivity index (χ0) is 18.5. The predicted molar refractivity (Wildman–Crippen MR) is 93.0 cm³/mol. The van der Waals surface area contributed by atoms with Crippen LogP contribution in [0.5, 0.6) is 0 Å². The molecule has 7 nitrogen and oxygen atoms in total. The van der Waals surface area contributed by atoms with Gasteiger partial charge in [0.1, 0.15) is 5.75 Å². The number of nitrogens with two attached hydrogens (primary N) is 1. The summed E-state index contributed by atoms with van der Waals surface area (Å²) in [7, 11) is -7.41. The van der Waals surface area contributed by atoms with Gasteiger partial charge in [-0.05, 0) is 36.2 Å². The summed E-state index contributed by atoms with van der Waals surface area (Å²) in [4.78, 5) is 11.9. The Balaban J connectivity index is 1.87. The number of benzene rings is 2.